The van der Waals surface area contributed by atoms with Crippen LogP contribution in [0.3, 0.4) is 0 Å². The molecule has 1 fully saturated rings. The fraction of sp³-hybridized carbons (Fsp3) is 0.273. The van der Waals surface area contributed by atoms with Crippen molar-refractivity contribution in [3.05, 3.63) is 55.3 Å². The molecule has 0 bridgehead atoms. The minimum Gasteiger partial charge on any atom is -0.474 e. The number of hydrogen-bond donors (Lipinski definition) is 3. The zero-order valence-electron chi connectivity index (χ0n) is 17.2. The molecule has 4 aromatic heterocycles. The lowest BCUT2D eigenvalue weighted by molar-refractivity contribution is 0.0834. The predicted molar refractivity (Wildman–Crippen MR) is 119 cm³/mol. The lowest BCUT2D eigenvalue weighted by Gasteiger charge is -2.33. The first-order chi connectivity index (χ1) is 15.2. The Morgan fingerprint density at radius 2 is 2.23 bits per heavy atom. The van der Waals surface area contributed by atoms with E-state index in [2.05, 4.69) is 31.4 Å². The molecule has 31 heavy (non-hydrogen) atoms. The summed E-state index contributed by atoms with van der Waals surface area (Å²) in [4.78, 5) is 16.9. The summed E-state index contributed by atoms with van der Waals surface area (Å²) in [5.74, 6) is 1.51. The van der Waals surface area contributed by atoms with Crippen LogP contribution >= 0.6 is 0 Å². The van der Waals surface area contributed by atoms with Gasteiger partial charge in [0.1, 0.15) is 11.8 Å². The number of H-pyrrole nitrogens is 1. The summed E-state index contributed by atoms with van der Waals surface area (Å²) in [5, 5.41) is 8.24. The smallest absolute Gasteiger partial charge is 0.232 e. The highest BCUT2D eigenvalue weighted by atomic mass is 16.5. The third-order valence-corrected chi connectivity index (χ3v) is 5.39. The molecular formula is C22H24N8O. The van der Waals surface area contributed by atoms with E-state index in [1.807, 2.05) is 43.8 Å². The van der Waals surface area contributed by atoms with Gasteiger partial charge in [0.2, 0.25) is 11.8 Å². The molecule has 9 nitrogen and oxygen atoms in total. The first-order valence-electron chi connectivity index (χ1n) is 10.3. The maximum absolute atomic E-state index is 6.36. The van der Waals surface area contributed by atoms with Gasteiger partial charge in [-0.15, -0.1) is 0 Å². The third-order valence-electron chi connectivity index (χ3n) is 5.39. The van der Waals surface area contributed by atoms with Gasteiger partial charge in [-0.3, -0.25) is 9.67 Å². The fourth-order valence-corrected chi connectivity index (χ4v) is 3.79. The summed E-state index contributed by atoms with van der Waals surface area (Å²) in [6, 6.07) is 3.92. The van der Waals surface area contributed by atoms with Crippen molar-refractivity contribution in [3.8, 4) is 17.0 Å². The van der Waals surface area contributed by atoms with Gasteiger partial charge in [0.05, 0.1) is 17.3 Å². The summed E-state index contributed by atoms with van der Waals surface area (Å²) >= 11 is 0. The number of allylic oxidation sites excluding steroid dienone is 1. The molecule has 4 heterocycles. The van der Waals surface area contributed by atoms with Crippen LogP contribution in [0.15, 0.2) is 55.3 Å². The number of nitrogens with one attached hydrogen (secondary N) is 2. The van der Waals surface area contributed by atoms with Crippen molar-refractivity contribution in [2.75, 3.05) is 11.9 Å². The molecule has 158 valence electrons. The molecule has 1 aliphatic rings. The number of fused-ring (bicyclic) bond motifs is 1. The van der Waals surface area contributed by atoms with Crippen molar-refractivity contribution in [3.63, 3.8) is 0 Å². The minimum absolute atomic E-state index is 0.105. The minimum atomic E-state index is 0.105. The number of rotatable bonds is 7. The van der Waals surface area contributed by atoms with E-state index in [-0.39, 0.29) is 6.10 Å². The van der Waals surface area contributed by atoms with Gasteiger partial charge in [0.25, 0.3) is 0 Å². The van der Waals surface area contributed by atoms with E-state index in [0.717, 1.165) is 35.0 Å². The molecular weight excluding hydrogens is 392 g/mol. The quantitative estimate of drug-likeness (QED) is 0.396. The SMILES string of the molecule is Cn1cc(Nc2nc(OC3CC(C=CCN)C3)c3c(-c4cccnc4)c[nH]c3n2)cn1. The highest BCUT2D eigenvalue weighted by molar-refractivity contribution is 5.97. The van der Waals surface area contributed by atoms with E-state index in [4.69, 9.17) is 15.5 Å². The largest absolute Gasteiger partial charge is 0.474 e. The highest BCUT2D eigenvalue weighted by Crippen LogP contribution is 2.38. The van der Waals surface area contributed by atoms with Gasteiger partial charge in [0, 0.05) is 49.5 Å². The average molecular weight is 416 g/mol. The number of pyridine rings is 1. The van der Waals surface area contributed by atoms with Crippen LogP contribution in [-0.2, 0) is 7.05 Å². The molecule has 0 aromatic carbocycles. The summed E-state index contributed by atoms with van der Waals surface area (Å²) < 4.78 is 8.08. The van der Waals surface area contributed by atoms with Crippen LogP contribution in [0, 0.1) is 5.92 Å². The molecule has 9 heteroatoms. The summed E-state index contributed by atoms with van der Waals surface area (Å²) in [7, 11) is 1.86. The van der Waals surface area contributed by atoms with E-state index in [1.54, 1.807) is 17.1 Å². The zero-order chi connectivity index (χ0) is 21.2. The number of ether oxygens (including phenoxy) is 1. The van der Waals surface area contributed by atoms with Gasteiger partial charge < -0.3 is 20.8 Å². The topological polar surface area (TPSA) is 120 Å². The van der Waals surface area contributed by atoms with Crippen LogP contribution in [-0.4, -0.2) is 42.4 Å². The molecule has 1 aliphatic carbocycles. The van der Waals surface area contributed by atoms with Crippen molar-refractivity contribution in [2.24, 2.45) is 18.7 Å². The van der Waals surface area contributed by atoms with Crippen LogP contribution in [0.4, 0.5) is 11.6 Å². The molecule has 0 atom stereocenters. The monoisotopic (exact) mass is 416 g/mol. The van der Waals surface area contributed by atoms with Gasteiger partial charge in [-0.25, -0.2) is 0 Å². The van der Waals surface area contributed by atoms with E-state index >= 15 is 0 Å². The molecule has 0 saturated heterocycles. The maximum Gasteiger partial charge on any atom is 0.232 e. The van der Waals surface area contributed by atoms with Gasteiger partial charge in [0.15, 0.2) is 0 Å². The first kappa shape index (κ1) is 19.3. The number of nitrogens with two attached hydrogens (primary N) is 1. The summed E-state index contributed by atoms with van der Waals surface area (Å²) in [5.41, 5.74) is 9.01. The lowest BCUT2D eigenvalue weighted by Crippen LogP contribution is -2.33. The number of anilines is 2. The van der Waals surface area contributed by atoms with Crippen molar-refractivity contribution < 1.29 is 4.74 Å². The number of aryl methyl sites for hydroxylation is 1. The molecule has 0 spiro atoms. The Hall–Kier alpha value is -3.72. The molecule has 0 radical (unpaired) electrons. The second-order valence-electron chi connectivity index (χ2n) is 7.68. The zero-order valence-corrected chi connectivity index (χ0v) is 17.2. The second-order valence-corrected chi connectivity index (χ2v) is 7.68. The molecule has 4 N–H and O–H groups in total. The van der Waals surface area contributed by atoms with E-state index in [9.17, 15) is 0 Å². The number of aromatic nitrogens is 6. The lowest BCUT2D eigenvalue weighted by atomic mass is 9.82. The number of hydrogen-bond acceptors (Lipinski definition) is 7. The molecule has 4 aromatic rings. The highest BCUT2D eigenvalue weighted by Gasteiger charge is 2.30. The third kappa shape index (κ3) is 3.99. The second kappa shape index (κ2) is 8.19. The summed E-state index contributed by atoms with van der Waals surface area (Å²) in [6.07, 6.45) is 15.3. The fourth-order valence-electron chi connectivity index (χ4n) is 3.79. The van der Waals surface area contributed by atoms with Gasteiger partial charge in [-0.2, -0.15) is 15.1 Å². The van der Waals surface area contributed by atoms with Crippen molar-refractivity contribution >= 4 is 22.7 Å². The van der Waals surface area contributed by atoms with Crippen LogP contribution in [0.2, 0.25) is 0 Å². The van der Waals surface area contributed by atoms with Crippen molar-refractivity contribution in [2.45, 2.75) is 18.9 Å². The number of aromatic amines is 1. The normalized spacial score (nSPS) is 18.4. The molecule has 1 saturated carbocycles. The Balaban J connectivity index is 1.49. The van der Waals surface area contributed by atoms with E-state index in [0.29, 0.717) is 29.9 Å². The predicted octanol–water partition coefficient (Wildman–Crippen LogP) is 3.17. The Bertz CT molecular complexity index is 1210. The van der Waals surface area contributed by atoms with E-state index < -0.39 is 0 Å². The average Bonchev–Trinajstić information content (AvgIpc) is 3.36. The van der Waals surface area contributed by atoms with Crippen LogP contribution < -0.4 is 15.8 Å². The van der Waals surface area contributed by atoms with Crippen molar-refractivity contribution in [1.82, 2.24) is 29.7 Å². The van der Waals surface area contributed by atoms with Crippen LogP contribution in [0.25, 0.3) is 22.2 Å². The van der Waals surface area contributed by atoms with Gasteiger partial charge in [-0.05, 0) is 24.8 Å². The first-order valence-corrected chi connectivity index (χ1v) is 10.3. The summed E-state index contributed by atoms with van der Waals surface area (Å²) in [6.45, 7) is 0.565. The Labute approximate surface area is 179 Å². The van der Waals surface area contributed by atoms with Gasteiger partial charge in [-0.1, -0.05) is 18.2 Å². The number of nitrogens with zero attached hydrogens (tertiary/aromatic N) is 5. The van der Waals surface area contributed by atoms with Crippen LogP contribution in [0.5, 0.6) is 5.88 Å². The Morgan fingerprint density at radius 1 is 1.32 bits per heavy atom. The Morgan fingerprint density at radius 3 is 2.97 bits per heavy atom. The van der Waals surface area contributed by atoms with E-state index in [1.165, 1.54) is 0 Å². The standard InChI is InChI=1S/C22H24N8O/c1-30-13-16(11-26-30)27-22-28-20-19(18(12-25-20)15-5-3-7-24-10-15)21(29-22)31-17-8-14(9-17)4-2-6-23/h2-5,7,10-14,17H,6,8-9,23H2,1H3,(H2,25,27,28,29). The molecule has 5 rings (SSSR count). The van der Waals surface area contributed by atoms with Crippen molar-refractivity contribution in [1.29, 1.82) is 0 Å². The molecule has 0 aliphatic heterocycles. The van der Waals surface area contributed by atoms with Gasteiger partial charge >= 0.3 is 0 Å². The van der Waals surface area contributed by atoms with Crippen LogP contribution in [0.1, 0.15) is 12.8 Å². The maximum atomic E-state index is 6.36. The molecule has 0 amide bonds. The Kier molecular flexibility index (Phi) is 5.09. The molecule has 0 unspecified atom stereocenters.